The molecular weight excluding hydrogens is 765 g/mol. The van der Waals surface area contributed by atoms with Crippen LogP contribution in [0.25, 0.3) is 10.9 Å². The van der Waals surface area contributed by atoms with Gasteiger partial charge in [-0.2, -0.15) is 0 Å². The Morgan fingerprint density at radius 1 is 1.09 bits per heavy atom. The molecule has 1 saturated heterocycles. The first-order valence-corrected chi connectivity index (χ1v) is 22.2. The lowest BCUT2D eigenvalue weighted by molar-refractivity contribution is -0.142. The maximum atomic E-state index is 15.0. The number of nitrogens with zero attached hydrogens (tertiary/aromatic N) is 3. The average Bonchev–Trinajstić information content (AvgIpc) is 4.12. The maximum Gasteiger partial charge on any atom is 0.407 e. The van der Waals surface area contributed by atoms with Crippen molar-refractivity contribution in [2.24, 2.45) is 17.3 Å². The molecule has 3 aliphatic carbocycles. The Labute approximate surface area is 341 Å². The van der Waals surface area contributed by atoms with Gasteiger partial charge in [0.05, 0.1) is 31.0 Å². The van der Waals surface area contributed by atoms with Crippen LogP contribution in [0.5, 0.6) is 11.5 Å². The summed E-state index contributed by atoms with van der Waals surface area (Å²) in [5.41, 5.74) is -0.302. The van der Waals surface area contributed by atoms with Crippen LogP contribution >= 0.6 is 0 Å². The van der Waals surface area contributed by atoms with E-state index in [-0.39, 0.29) is 37.3 Å². The van der Waals surface area contributed by atoms with Crippen LogP contribution in [0.1, 0.15) is 90.0 Å². The van der Waals surface area contributed by atoms with Crippen molar-refractivity contribution >= 4 is 50.6 Å². The summed E-state index contributed by atoms with van der Waals surface area (Å²) >= 11 is 0. The van der Waals surface area contributed by atoms with Gasteiger partial charge >= 0.3 is 6.09 Å². The van der Waals surface area contributed by atoms with E-state index < -0.39 is 68.7 Å². The van der Waals surface area contributed by atoms with Gasteiger partial charge in [-0.3, -0.25) is 19.1 Å². The molecule has 4 fully saturated rings. The number of benzene rings is 1. The van der Waals surface area contributed by atoms with Crippen molar-refractivity contribution in [3.63, 3.8) is 0 Å². The van der Waals surface area contributed by atoms with Crippen LogP contribution in [0.15, 0.2) is 30.9 Å². The van der Waals surface area contributed by atoms with Crippen molar-refractivity contribution in [1.82, 2.24) is 25.2 Å². The number of carbonyl (C=O) groups is 4. The molecule has 3 saturated carbocycles. The Hall–Kier alpha value is -4.60. The summed E-state index contributed by atoms with van der Waals surface area (Å²) < 4.78 is 46.3. The number of amides is 4. The number of nitrogens with one attached hydrogen (secondary N) is 3. The van der Waals surface area contributed by atoms with Gasteiger partial charge in [0.1, 0.15) is 41.0 Å². The molecule has 7 rings (SSSR count). The number of aryl methyl sites for hydroxylation is 1. The summed E-state index contributed by atoms with van der Waals surface area (Å²) in [5, 5.41) is 5.90. The van der Waals surface area contributed by atoms with Gasteiger partial charge < -0.3 is 34.6 Å². The number of carbonyl (C=O) groups excluding carboxylic acids is 4. The molecule has 5 aliphatic rings. The lowest BCUT2D eigenvalue weighted by Crippen LogP contribution is -2.59. The molecule has 2 aromatic rings. The summed E-state index contributed by atoms with van der Waals surface area (Å²) in [6.07, 6.45) is 7.77. The molecule has 1 aromatic heterocycles. The third-order valence-corrected chi connectivity index (χ3v) is 14.4. The Morgan fingerprint density at radius 2 is 1.83 bits per heavy atom. The lowest BCUT2D eigenvalue weighted by atomic mass is 9.83. The SMILES string of the molecule is C=C[C@H]1CC1(NC(=O)[C@@H]1C[C@@H]2CN1C(=O)[C@H](C1CCCCC1)NC(=O)OCC(C)(C)CCCc1cc3c(cc(N(C)C)nc3cc1OC)O2)C(=O)NS(=O)(=O)C1CC1. The number of ether oxygens (including phenoxy) is 3. The van der Waals surface area contributed by atoms with E-state index in [4.69, 9.17) is 19.2 Å². The van der Waals surface area contributed by atoms with Gasteiger partial charge in [-0.15, -0.1) is 6.58 Å². The summed E-state index contributed by atoms with van der Waals surface area (Å²) in [6, 6.07) is 3.69. The van der Waals surface area contributed by atoms with Gasteiger partial charge in [-0.05, 0) is 74.3 Å². The molecule has 2 aliphatic heterocycles. The van der Waals surface area contributed by atoms with Crippen LogP contribution in [0.4, 0.5) is 10.6 Å². The number of rotatable bonds is 9. The van der Waals surface area contributed by atoms with E-state index >= 15 is 0 Å². The maximum absolute atomic E-state index is 15.0. The zero-order valence-corrected chi connectivity index (χ0v) is 35.1. The number of hydrogen-bond acceptors (Lipinski definition) is 11. The second kappa shape index (κ2) is 16.2. The van der Waals surface area contributed by atoms with E-state index in [2.05, 4.69) is 21.9 Å². The van der Waals surface area contributed by atoms with Gasteiger partial charge in [0.2, 0.25) is 21.8 Å². The average molecular weight is 823 g/mol. The third-order valence-electron chi connectivity index (χ3n) is 12.6. The van der Waals surface area contributed by atoms with Crippen LogP contribution in [0.3, 0.4) is 0 Å². The van der Waals surface area contributed by atoms with E-state index in [1.54, 1.807) is 7.11 Å². The van der Waals surface area contributed by atoms with Crippen molar-refractivity contribution in [2.75, 3.05) is 39.3 Å². The van der Waals surface area contributed by atoms with Crippen molar-refractivity contribution in [1.29, 1.82) is 0 Å². The number of methoxy groups -OCH3 is 1. The third kappa shape index (κ3) is 8.71. The quantitative estimate of drug-likeness (QED) is 0.305. The van der Waals surface area contributed by atoms with Crippen molar-refractivity contribution in [3.05, 3.63) is 36.4 Å². The molecule has 58 heavy (non-hydrogen) atoms. The van der Waals surface area contributed by atoms with Crippen molar-refractivity contribution in [2.45, 2.75) is 120 Å². The lowest BCUT2D eigenvalue weighted by Gasteiger charge is -2.35. The smallest absolute Gasteiger partial charge is 0.407 e. The molecule has 4 amide bonds. The van der Waals surface area contributed by atoms with Crippen LogP contribution in [-0.4, -0.2) is 105 Å². The largest absolute Gasteiger partial charge is 0.496 e. The monoisotopic (exact) mass is 822 g/mol. The molecule has 0 spiro atoms. The zero-order valence-electron chi connectivity index (χ0n) is 34.3. The number of cyclic esters (lactones) is 1. The Kier molecular flexibility index (Phi) is 11.6. The van der Waals surface area contributed by atoms with Gasteiger partial charge in [-0.25, -0.2) is 18.2 Å². The Bertz CT molecular complexity index is 2060. The molecule has 15 nitrogen and oxygen atoms in total. The van der Waals surface area contributed by atoms with Crippen LogP contribution in [-0.2, 0) is 35.6 Å². The van der Waals surface area contributed by atoms with Gasteiger partial charge in [0.15, 0.2) is 0 Å². The van der Waals surface area contributed by atoms with Gasteiger partial charge in [0, 0.05) is 44.0 Å². The topological polar surface area (TPSA) is 186 Å². The van der Waals surface area contributed by atoms with E-state index in [1.165, 1.54) is 11.0 Å². The second-order valence-electron chi connectivity index (χ2n) is 17.8. The second-order valence-corrected chi connectivity index (χ2v) is 19.8. The molecule has 1 unspecified atom stereocenters. The predicted molar refractivity (Wildman–Crippen MR) is 218 cm³/mol. The fourth-order valence-electron chi connectivity index (χ4n) is 8.83. The molecule has 5 atom stereocenters. The van der Waals surface area contributed by atoms with Crippen molar-refractivity contribution < 1.29 is 41.8 Å². The van der Waals surface area contributed by atoms with E-state index in [0.717, 1.165) is 43.1 Å². The van der Waals surface area contributed by atoms with Crippen LogP contribution < -0.4 is 29.7 Å². The summed E-state index contributed by atoms with van der Waals surface area (Å²) in [7, 11) is 1.48. The highest BCUT2D eigenvalue weighted by Gasteiger charge is 2.62. The predicted octanol–water partition coefficient (Wildman–Crippen LogP) is 4.36. The highest BCUT2D eigenvalue weighted by Crippen LogP contribution is 2.46. The molecule has 1 aromatic carbocycles. The minimum Gasteiger partial charge on any atom is -0.496 e. The molecule has 16 heteroatoms. The highest BCUT2D eigenvalue weighted by atomic mass is 32.2. The molecule has 3 N–H and O–H groups in total. The standard InChI is InChI=1S/C42H58N6O9S/c1-7-27-22-42(27,39(51)46-58(53,54)29-15-16-29)45-37(49)32-19-28-23-48(32)38(50)36(25-12-9-8-10-13-25)44-40(52)56-24-41(2,3)17-11-14-26-18-30-31(20-33(26)55-6)43-35(47(4)5)21-34(30)57-28/h7,18,20-21,25,27-29,32,36H,1,8-17,19,22-24H2,2-6H3,(H,44,52)(H,45,49)(H,46,51)/t27-,28+,32-,36-,42?/m0/s1. The molecule has 4 bridgehead atoms. The fourth-order valence-corrected chi connectivity index (χ4v) is 10.2. The number of aromatic nitrogens is 1. The molecular formula is C42H58N6O9S. The Balaban J connectivity index is 1.27. The van der Waals surface area contributed by atoms with Crippen molar-refractivity contribution in [3.8, 4) is 11.5 Å². The minimum atomic E-state index is -3.90. The van der Waals surface area contributed by atoms with E-state index in [9.17, 15) is 27.6 Å². The summed E-state index contributed by atoms with van der Waals surface area (Å²) in [6.45, 7) is 8.04. The molecule has 316 valence electrons. The number of anilines is 1. The normalized spacial score (nSPS) is 28.0. The zero-order chi connectivity index (χ0) is 41.6. The van der Waals surface area contributed by atoms with Crippen LogP contribution in [0, 0.1) is 17.3 Å². The number of hydrogen-bond donors (Lipinski definition) is 3. The Morgan fingerprint density at radius 3 is 2.48 bits per heavy atom. The first-order valence-electron chi connectivity index (χ1n) is 20.6. The van der Waals surface area contributed by atoms with E-state index in [1.807, 2.05) is 51.0 Å². The first kappa shape index (κ1) is 41.6. The van der Waals surface area contributed by atoms with Gasteiger partial charge in [-0.1, -0.05) is 39.2 Å². The first-order chi connectivity index (χ1) is 27.5. The minimum absolute atomic E-state index is 0.00810. The summed E-state index contributed by atoms with van der Waals surface area (Å²) in [5.74, 6) is -0.735. The molecule has 3 heterocycles. The van der Waals surface area contributed by atoms with Gasteiger partial charge in [0.25, 0.3) is 5.91 Å². The number of fused-ring (bicyclic) bond motifs is 3. The van der Waals surface area contributed by atoms with Crippen LogP contribution in [0.2, 0.25) is 0 Å². The number of sulfonamides is 1. The molecule has 0 radical (unpaired) electrons. The number of alkyl carbamates (subject to hydrolysis) is 1. The highest BCUT2D eigenvalue weighted by molar-refractivity contribution is 7.91. The summed E-state index contributed by atoms with van der Waals surface area (Å²) in [4.78, 5) is 64.9. The fraction of sp³-hybridized carbons (Fsp3) is 0.643. The number of pyridine rings is 1. The van der Waals surface area contributed by atoms with E-state index in [0.29, 0.717) is 54.9 Å².